The molecule has 0 unspecified atom stereocenters. The third-order valence-electron chi connectivity index (χ3n) is 11.4. The summed E-state index contributed by atoms with van der Waals surface area (Å²) in [4.78, 5) is 126. The number of aliphatic hydroxyl groups excluding tert-OH is 3. The van der Waals surface area contributed by atoms with Gasteiger partial charge in [0.15, 0.2) is 12.0 Å². The van der Waals surface area contributed by atoms with Crippen LogP contribution in [-0.4, -0.2) is 188 Å². The molecule has 26 heteroatoms. The fraction of sp³-hybridized carbons (Fsp3) is 0.619. The number of phenolic OH excluding ortho intramolecular Hbond substituents is 1. The molecule has 0 aromatic heterocycles. The van der Waals surface area contributed by atoms with Gasteiger partial charge in [0.2, 0.25) is 47.3 Å². The first-order valence-electron chi connectivity index (χ1n) is 22.2. The molecule has 17 N–H and O–H groups in total. The lowest BCUT2D eigenvalue weighted by Gasteiger charge is -2.34. The molecule has 2 aliphatic heterocycles. The summed E-state index contributed by atoms with van der Waals surface area (Å²) < 4.78 is 0. The molecule has 3 rings (SSSR count). The van der Waals surface area contributed by atoms with Gasteiger partial charge in [0.1, 0.15) is 48.0 Å². The second-order valence-corrected chi connectivity index (χ2v) is 16.9. The summed E-state index contributed by atoms with van der Waals surface area (Å²) >= 11 is 0. The summed E-state index contributed by atoms with van der Waals surface area (Å²) in [5.74, 6) is -8.89. The molecule has 378 valence electrons. The Morgan fingerprint density at radius 2 is 1.25 bits per heavy atom. The van der Waals surface area contributed by atoms with Crippen molar-refractivity contribution in [3.05, 3.63) is 29.8 Å². The Labute approximate surface area is 392 Å². The van der Waals surface area contributed by atoms with E-state index in [1.807, 2.05) is 5.32 Å². The summed E-state index contributed by atoms with van der Waals surface area (Å²) in [7, 11) is 0. The summed E-state index contributed by atoms with van der Waals surface area (Å²) in [6.45, 7) is 2.36. The van der Waals surface area contributed by atoms with E-state index in [1.54, 1.807) is 13.8 Å². The lowest BCUT2D eigenvalue weighted by molar-refractivity contribution is -0.148. The van der Waals surface area contributed by atoms with Crippen molar-refractivity contribution in [3.8, 4) is 5.75 Å². The molecule has 2 aliphatic rings. The number of phenols is 1. The maximum Gasteiger partial charge on any atom is 0.328 e. The van der Waals surface area contributed by atoms with Crippen LogP contribution in [0.3, 0.4) is 0 Å². The van der Waals surface area contributed by atoms with Crippen molar-refractivity contribution in [1.29, 1.82) is 0 Å². The maximum absolute atomic E-state index is 14.4. The van der Waals surface area contributed by atoms with Crippen LogP contribution in [0.4, 0.5) is 0 Å². The number of aliphatic imine (C=N–C) groups is 1. The third kappa shape index (κ3) is 16.0. The van der Waals surface area contributed by atoms with E-state index in [1.165, 1.54) is 34.1 Å². The fourth-order valence-electron chi connectivity index (χ4n) is 7.67. The number of aromatic hydroxyl groups is 1. The van der Waals surface area contributed by atoms with Gasteiger partial charge in [0, 0.05) is 26.1 Å². The van der Waals surface area contributed by atoms with Gasteiger partial charge in [-0.1, -0.05) is 26.0 Å². The summed E-state index contributed by atoms with van der Waals surface area (Å²) in [5, 5.41) is 63.0. The SMILES string of the molecule is CC(C)[C@H](NC(=O)[C@H](Cc1ccc(O)cc1)NC(=O)[C@H](CCCN=C(N)N)NC(=O)CN)C(=O)N1CCC[C@H]1C(=O)N1CCC[C@H]1C(=O)N[C@@H](CO)C(=O)N[C@@H](CO)C(=O)N[C@H](C(=O)O)[C@@H](C)O. The van der Waals surface area contributed by atoms with Crippen molar-refractivity contribution in [3.63, 3.8) is 0 Å². The number of rotatable bonds is 25. The van der Waals surface area contributed by atoms with Gasteiger partial charge >= 0.3 is 5.97 Å². The van der Waals surface area contributed by atoms with Crippen molar-refractivity contribution in [2.45, 2.75) is 120 Å². The molecule has 0 radical (unpaired) electrons. The number of benzene rings is 1. The van der Waals surface area contributed by atoms with Gasteiger partial charge in [0.05, 0.1) is 25.9 Å². The highest BCUT2D eigenvalue weighted by Gasteiger charge is 2.45. The first kappa shape index (κ1) is 55.7. The zero-order chi connectivity index (χ0) is 50.8. The summed E-state index contributed by atoms with van der Waals surface area (Å²) in [6.07, 6.45) is -0.240. The van der Waals surface area contributed by atoms with E-state index in [0.717, 1.165) is 6.92 Å². The number of carboxylic acid groups (broad SMARTS) is 1. The van der Waals surface area contributed by atoms with Crippen molar-refractivity contribution in [2.24, 2.45) is 28.1 Å². The second kappa shape index (κ2) is 26.6. The molecule has 26 nitrogen and oxygen atoms in total. The molecule has 2 saturated heterocycles. The standard InChI is InChI=1S/C42H66N12O14/c1-21(2)32(51-35(61)26(17-23-10-12-24(58)13-11-23)48-34(60)25(47-31(59)18-43)7-4-14-46-42(44)45)40(66)54-16-6-9-30(54)39(65)53-15-5-8-29(53)38(64)50-27(19-55)36(62)49-28(20-56)37(63)52-33(22(3)57)41(67)68/h10-13,21-22,25-30,32-33,55-58H,4-9,14-20,43H2,1-3H3,(H,47,59)(H,48,60)(H,49,62)(H,50,64)(H,51,61)(H,52,63)(H,67,68)(H4,44,45,46)/t22-,25+,26+,27+,28+,29+,30+,32+,33+/m1/s1. The van der Waals surface area contributed by atoms with Gasteiger partial charge in [-0.25, -0.2) is 4.79 Å². The minimum Gasteiger partial charge on any atom is -0.508 e. The molecular formula is C42H66N12O14. The van der Waals surface area contributed by atoms with Crippen LogP contribution in [0.1, 0.15) is 64.9 Å². The van der Waals surface area contributed by atoms with Gasteiger partial charge in [0.25, 0.3) is 0 Å². The molecule has 0 bridgehead atoms. The van der Waals surface area contributed by atoms with Gasteiger partial charge in [-0.2, -0.15) is 0 Å². The van der Waals surface area contributed by atoms with Crippen molar-refractivity contribution in [1.82, 2.24) is 41.7 Å². The van der Waals surface area contributed by atoms with Crippen LogP contribution in [0.15, 0.2) is 29.3 Å². The average Bonchev–Trinajstić information content (AvgIpc) is 4.00. The summed E-state index contributed by atoms with van der Waals surface area (Å²) in [5.41, 5.74) is 16.8. The predicted octanol–water partition coefficient (Wildman–Crippen LogP) is -6.06. The Morgan fingerprint density at radius 1 is 0.721 bits per heavy atom. The topological polar surface area (TPSA) is 424 Å². The maximum atomic E-state index is 14.4. The Balaban J connectivity index is 1.78. The monoisotopic (exact) mass is 962 g/mol. The smallest absolute Gasteiger partial charge is 0.328 e. The van der Waals surface area contributed by atoms with E-state index < -0.39 is 133 Å². The molecule has 0 aliphatic carbocycles. The van der Waals surface area contributed by atoms with Crippen LogP contribution >= 0.6 is 0 Å². The number of hydrogen-bond acceptors (Lipinski definition) is 15. The van der Waals surface area contributed by atoms with Crippen LogP contribution in [0.25, 0.3) is 0 Å². The van der Waals surface area contributed by atoms with E-state index in [-0.39, 0.29) is 63.4 Å². The number of nitrogens with two attached hydrogens (primary N) is 3. The zero-order valence-corrected chi connectivity index (χ0v) is 38.3. The number of nitrogens with zero attached hydrogens (tertiary/aromatic N) is 3. The molecule has 1 aromatic rings. The Bertz CT molecular complexity index is 1980. The highest BCUT2D eigenvalue weighted by Crippen LogP contribution is 2.27. The van der Waals surface area contributed by atoms with E-state index in [9.17, 15) is 68.7 Å². The third-order valence-corrected chi connectivity index (χ3v) is 11.4. The molecule has 0 spiro atoms. The minimum atomic E-state index is -1.78. The zero-order valence-electron chi connectivity index (χ0n) is 38.3. The highest BCUT2D eigenvalue weighted by atomic mass is 16.4. The number of likely N-dealkylation sites (tertiary alicyclic amines) is 2. The second-order valence-electron chi connectivity index (χ2n) is 16.9. The van der Waals surface area contributed by atoms with Crippen LogP contribution < -0.4 is 49.1 Å². The van der Waals surface area contributed by atoms with Gasteiger partial charge in [-0.3, -0.25) is 43.3 Å². The largest absolute Gasteiger partial charge is 0.508 e. The van der Waals surface area contributed by atoms with Crippen LogP contribution in [0, 0.1) is 5.92 Å². The molecule has 8 amide bonds. The van der Waals surface area contributed by atoms with Crippen molar-refractivity contribution in [2.75, 3.05) is 39.4 Å². The molecule has 9 atom stereocenters. The number of aliphatic hydroxyl groups is 3. The number of guanidine groups is 1. The number of nitrogens with one attached hydrogen (secondary N) is 6. The van der Waals surface area contributed by atoms with E-state index in [0.29, 0.717) is 18.4 Å². The number of carbonyl (C=O) groups is 9. The van der Waals surface area contributed by atoms with Crippen LogP contribution in [0.5, 0.6) is 5.75 Å². The minimum absolute atomic E-state index is 0.0488. The molecular weight excluding hydrogens is 897 g/mol. The highest BCUT2D eigenvalue weighted by molar-refractivity contribution is 5.98. The number of hydrogen-bond donors (Lipinski definition) is 14. The molecule has 0 saturated carbocycles. The molecule has 1 aromatic carbocycles. The van der Waals surface area contributed by atoms with Crippen molar-refractivity contribution < 1.29 is 68.7 Å². The van der Waals surface area contributed by atoms with E-state index >= 15 is 0 Å². The van der Waals surface area contributed by atoms with E-state index in [2.05, 4.69) is 31.6 Å². The number of aliphatic carboxylic acids is 1. The normalized spacial score (nSPS) is 18.7. The first-order chi connectivity index (χ1) is 32.1. The lowest BCUT2D eigenvalue weighted by Crippen LogP contribution is -2.61. The quantitative estimate of drug-likeness (QED) is 0.0246. The molecule has 2 fully saturated rings. The Kier molecular flexibility index (Phi) is 21.8. The van der Waals surface area contributed by atoms with E-state index in [4.69, 9.17) is 17.2 Å². The first-order valence-corrected chi connectivity index (χ1v) is 22.2. The lowest BCUT2D eigenvalue weighted by atomic mass is 9.99. The number of amides is 8. The molecule has 68 heavy (non-hydrogen) atoms. The predicted molar refractivity (Wildman–Crippen MR) is 240 cm³/mol. The van der Waals surface area contributed by atoms with Crippen LogP contribution in [-0.2, 0) is 49.6 Å². The molecule has 2 heterocycles. The van der Waals surface area contributed by atoms with Gasteiger partial charge < -0.3 is 84.4 Å². The fourth-order valence-corrected chi connectivity index (χ4v) is 7.67. The van der Waals surface area contributed by atoms with Gasteiger partial charge in [-0.15, -0.1) is 0 Å². The van der Waals surface area contributed by atoms with Crippen molar-refractivity contribution >= 4 is 59.2 Å². The van der Waals surface area contributed by atoms with Gasteiger partial charge in [-0.05, 0) is 69.1 Å². The van der Waals surface area contributed by atoms with Crippen LogP contribution in [0.2, 0.25) is 0 Å². The average molecular weight is 963 g/mol. The number of carbonyl (C=O) groups excluding carboxylic acids is 8. The number of carboxylic acids is 1. The Morgan fingerprint density at radius 3 is 1.81 bits per heavy atom. The Hall–Kier alpha value is -6.64. The summed E-state index contributed by atoms with van der Waals surface area (Å²) in [6, 6.07) is -5.29.